The molecule has 1 amide bonds. The zero-order chi connectivity index (χ0) is 19.2. The molecule has 0 aliphatic carbocycles. The van der Waals surface area contributed by atoms with E-state index in [0.717, 1.165) is 28.7 Å². The molecule has 2 aromatic rings. The molecule has 0 aliphatic heterocycles. The van der Waals surface area contributed by atoms with Crippen molar-refractivity contribution in [3.05, 3.63) is 58.8 Å². The van der Waals surface area contributed by atoms with Gasteiger partial charge in [-0.3, -0.25) is 9.89 Å². The van der Waals surface area contributed by atoms with Crippen molar-refractivity contribution in [2.45, 2.75) is 19.8 Å². The van der Waals surface area contributed by atoms with Crippen LogP contribution in [0.4, 0.5) is 0 Å². The molecule has 0 spiro atoms. The predicted molar refractivity (Wildman–Crippen MR) is 100 cm³/mol. The summed E-state index contributed by atoms with van der Waals surface area (Å²) in [6, 6.07) is 9.42. The minimum Gasteiger partial charge on any atom is -0.494 e. The maximum atomic E-state index is 12.1. The third-order valence-electron chi connectivity index (χ3n) is 3.71. The van der Waals surface area contributed by atoms with Gasteiger partial charge in [-0.2, -0.15) is 5.10 Å². The number of benzene rings is 1. The Kier molecular flexibility index (Phi) is 6.57. The summed E-state index contributed by atoms with van der Waals surface area (Å²) in [5.41, 5.74) is 2.03. The van der Waals surface area contributed by atoms with Crippen LogP contribution in [0.5, 0.6) is 5.75 Å². The van der Waals surface area contributed by atoms with Gasteiger partial charge in [0.2, 0.25) is 0 Å². The van der Waals surface area contributed by atoms with Crippen molar-refractivity contribution in [1.29, 1.82) is 0 Å². The number of nitrogens with zero attached hydrogens (tertiary/aromatic N) is 1. The second-order valence-electron chi connectivity index (χ2n) is 5.81. The molecule has 0 fully saturated rings. The minimum atomic E-state index is -3.20. The van der Waals surface area contributed by atoms with Crippen LogP contribution in [0.3, 0.4) is 0 Å². The topological polar surface area (TPSA) is 101 Å². The van der Waals surface area contributed by atoms with Gasteiger partial charge in [0.25, 0.3) is 5.91 Å². The van der Waals surface area contributed by atoms with E-state index in [1.165, 1.54) is 6.08 Å². The highest BCUT2D eigenvalue weighted by Crippen LogP contribution is 2.30. The van der Waals surface area contributed by atoms with E-state index in [1.807, 2.05) is 38.1 Å². The van der Waals surface area contributed by atoms with Crippen molar-refractivity contribution < 1.29 is 17.9 Å². The Morgan fingerprint density at radius 1 is 1.38 bits per heavy atom. The number of amides is 1. The number of H-pyrrole nitrogens is 1. The summed E-state index contributed by atoms with van der Waals surface area (Å²) in [5.74, 6) is 0.391. The van der Waals surface area contributed by atoms with Gasteiger partial charge < -0.3 is 10.1 Å². The van der Waals surface area contributed by atoms with Gasteiger partial charge in [-0.25, -0.2) is 8.42 Å². The first kappa shape index (κ1) is 19.7. The van der Waals surface area contributed by atoms with E-state index < -0.39 is 9.84 Å². The molecule has 1 heterocycles. The van der Waals surface area contributed by atoms with Crippen LogP contribution in [0.25, 0.3) is 0 Å². The van der Waals surface area contributed by atoms with Crippen molar-refractivity contribution in [2.75, 3.05) is 19.4 Å². The Hall–Kier alpha value is -2.61. The lowest BCUT2D eigenvalue weighted by Gasteiger charge is -2.15. The van der Waals surface area contributed by atoms with E-state index in [2.05, 4.69) is 15.5 Å². The van der Waals surface area contributed by atoms with Gasteiger partial charge in [0, 0.05) is 35.4 Å². The molecular weight excluding hydrogens is 354 g/mol. The highest BCUT2D eigenvalue weighted by Gasteiger charge is 2.18. The molecule has 0 saturated heterocycles. The number of rotatable bonds is 8. The van der Waals surface area contributed by atoms with Crippen molar-refractivity contribution in [2.24, 2.45) is 0 Å². The van der Waals surface area contributed by atoms with Crippen LogP contribution in [0.1, 0.15) is 41.5 Å². The number of carbonyl (C=O) groups excluding carboxylic acids is 1. The van der Waals surface area contributed by atoms with Crippen molar-refractivity contribution in [1.82, 2.24) is 15.5 Å². The Morgan fingerprint density at radius 3 is 2.81 bits per heavy atom. The molecule has 1 unspecified atom stereocenters. The van der Waals surface area contributed by atoms with Crippen LogP contribution in [0.2, 0.25) is 0 Å². The van der Waals surface area contributed by atoms with Crippen LogP contribution in [-0.4, -0.2) is 43.9 Å². The highest BCUT2D eigenvalue weighted by molar-refractivity contribution is 7.93. The van der Waals surface area contributed by atoms with E-state index in [1.54, 1.807) is 6.07 Å². The number of aromatic nitrogens is 2. The molecule has 0 aliphatic rings. The van der Waals surface area contributed by atoms with Crippen LogP contribution in [0, 0.1) is 0 Å². The lowest BCUT2D eigenvalue weighted by molar-refractivity contribution is 0.0953. The Labute approximate surface area is 153 Å². The second-order valence-corrected chi connectivity index (χ2v) is 7.74. The quantitative estimate of drug-likeness (QED) is 0.735. The summed E-state index contributed by atoms with van der Waals surface area (Å²) in [6.07, 6.45) is 2.47. The molecule has 1 atom stereocenters. The lowest BCUT2D eigenvalue weighted by atomic mass is 9.96. The number of nitrogens with one attached hydrogen (secondary N) is 2. The maximum Gasteiger partial charge on any atom is 0.272 e. The largest absolute Gasteiger partial charge is 0.494 e. The van der Waals surface area contributed by atoms with Gasteiger partial charge in [0.1, 0.15) is 11.4 Å². The van der Waals surface area contributed by atoms with E-state index in [-0.39, 0.29) is 24.1 Å². The smallest absolute Gasteiger partial charge is 0.272 e. The summed E-state index contributed by atoms with van der Waals surface area (Å²) >= 11 is 0. The van der Waals surface area contributed by atoms with Gasteiger partial charge >= 0.3 is 0 Å². The Bertz CT molecular complexity index is 887. The Balaban J connectivity index is 2.07. The number of carbonyl (C=O) groups is 1. The zero-order valence-electron chi connectivity index (χ0n) is 15.0. The van der Waals surface area contributed by atoms with Crippen LogP contribution < -0.4 is 10.1 Å². The molecule has 0 saturated carbocycles. The Morgan fingerprint density at radius 2 is 2.12 bits per heavy atom. The third-order valence-corrected chi connectivity index (χ3v) is 4.39. The molecule has 1 aromatic carbocycles. The number of aromatic amines is 1. The minimum absolute atomic E-state index is 0.0306. The van der Waals surface area contributed by atoms with Gasteiger partial charge in [-0.05, 0) is 19.1 Å². The standard InChI is InChI=1S/C18H23N3O4S/c1-4-25-17-9-6-5-8-14(17)13(2)15-12-16(21-20-15)18(22)19-10-7-11-26(3,23)24/h5-9,11-13H,4,10H2,1-3H3,(H,19,22)(H,20,21)/b11-7+. The molecule has 0 bridgehead atoms. The van der Waals surface area contributed by atoms with Crippen molar-refractivity contribution in [3.8, 4) is 5.75 Å². The molecule has 2 rings (SSSR count). The summed E-state index contributed by atoms with van der Waals surface area (Å²) in [6.45, 7) is 4.61. The fraction of sp³-hybridized carbons (Fsp3) is 0.333. The number of hydrogen-bond acceptors (Lipinski definition) is 5. The number of sulfone groups is 1. The third kappa shape index (κ3) is 5.45. The summed E-state index contributed by atoms with van der Waals surface area (Å²) in [7, 11) is -3.20. The summed E-state index contributed by atoms with van der Waals surface area (Å²) < 4.78 is 27.7. The molecule has 7 nitrogen and oxygen atoms in total. The van der Waals surface area contributed by atoms with Crippen molar-refractivity contribution >= 4 is 15.7 Å². The van der Waals surface area contributed by atoms with E-state index in [0.29, 0.717) is 6.61 Å². The number of hydrogen-bond donors (Lipinski definition) is 2. The molecule has 140 valence electrons. The monoisotopic (exact) mass is 377 g/mol. The lowest BCUT2D eigenvalue weighted by Crippen LogP contribution is -2.23. The fourth-order valence-electron chi connectivity index (χ4n) is 2.43. The normalized spacial score (nSPS) is 12.9. The average molecular weight is 377 g/mol. The van der Waals surface area contributed by atoms with Crippen LogP contribution in [0.15, 0.2) is 41.8 Å². The summed E-state index contributed by atoms with van der Waals surface area (Å²) in [5, 5.41) is 10.6. The maximum absolute atomic E-state index is 12.1. The van der Waals surface area contributed by atoms with E-state index in [9.17, 15) is 13.2 Å². The van der Waals surface area contributed by atoms with Gasteiger partial charge in [-0.15, -0.1) is 0 Å². The van der Waals surface area contributed by atoms with Crippen molar-refractivity contribution in [3.63, 3.8) is 0 Å². The predicted octanol–water partition coefficient (Wildman–Crippen LogP) is 2.25. The zero-order valence-corrected chi connectivity index (χ0v) is 15.8. The van der Waals surface area contributed by atoms with E-state index >= 15 is 0 Å². The van der Waals surface area contributed by atoms with E-state index in [4.69, 9.17) is 4.74 Å². The molecule has 8 heteroatoms. The van der Waals surface area contributed by atoms with Gasteiger partial charge in [0.05, 0.1) is 6.61 Å². The first-order valence-electron chi connectivity index (χ1n) is 8.23. The van der Waals surface area contributed by atoms with Crippen LogP contribution >= 0.6 is 0 Å². The molecular formula is C18H23N3O4S. The average Bonchev–Trinajstić information content (AvgIpc) is 3.08. The first-order valence-corrected chi connectivity index (χ1v) is 10.2. The second kappa shape index (κ2) is 8.66. The van der Waals surface area contributed by atoms with Gasteiger partial charge in [0.15, 0.2) is 9.84 Å². The molecule has 26 heavy (non-hydrogen) atoms. The van der Waals surface area contributed by atoms with Crippen LogP contribution in [-0.2, 0) is 9.84 Å². The highest BCUT2D eigenvalue weighted by atomic mass is 32.2. The molecule has 2 N–H and O–H groups in total. The van der Waals surface area contributed by atoms with Gasteiger partial charge in [-0.1, -0.05) is 31.2 Å². The molecule has 0 radical (unpaired) electrons. The number of ether oxygens (including phenoxy) is 1. The SMILES string of the molecule is CCOc1ccccc1C(C)c1cc(C(=O)NC/C=C/S(C)(=O)=O)n[nH]1. The fourth-order valence-corrected chi connectivity index (χ4v) is 2.88. The number of para-hydroxylation sites is 1. The first-order chi connectivity index (χ1) is 12.3. The summed E-state index contributed by atoms with van der Waals surface area (Å²) in [4.78, 5) is 12.1. The molecule has 1 aromatic heterocycles.